The monoisotopic (exact) mass is 461 g/mol. The summed E-state index contributed by atoms with van der Waals surface area (Å²) < 4.78 is 0. The predicted molar refractivity (Wildman–Crippen MR) is 123 cm³/mol. The number of allylic oxidation sites excluding steroid dienone is 1. The zero-order chi connectivity index (χ0) is 25.0. The van der Waals surface area contributed by atoms with E-state index < -0.39 is 48.2 Å². The summed E-state index contributed by atoms with van der Waals surface area (Å²) in [6, 6.07) is 3.94. The molecule has 33 heavy (non-hydrogen) atoms. The normalized spacial score (nSPS) is 12.7. The van der Waals surface area contributed by atoms with Crippen LogP contribution in [0.2, 0.25) is 0 Å². The second kappa shape index (κ2) is 13.5. The molecule has 0 saturated heterocycles. The Balaban J connectivity index is 2.95. The van der Waals surface area contributed by atoms with E-state index in [1.54, 1.807) is 44.2 Å². The van der Waals surface area contributed by atoms with E-state index in [0.717, 1.165) is 0 Å². The first-order valence-electron chi connectivity index (χ1n) is 10.4. The Kier molecular flexibility index (Phi) is 11.1. The van der Waals surface area contributed by atoms with Crippen LogP contribution in [0.1, 0.15) is 49.0 Å². The molecule has 0 aliphatic carbocycles. The smallest absolute Gasteiger partial charge is 0.326 e. The highest BCUT2D eigenvalue weighted by Gasteiger charge is 2.30. The molecule has 2 atom stereocenters. The fourth-order valence-electron chi connectivity index (χ4n) is 2.86. The maximum absolute atomic E-state index is 12.8. The number of carboxylic acids is 2. The Morgan fingerprint density at radius 3 is 2.33 bits per heavy atom. The molecular weight excluding hydrogens is 430 g/mol. The zero-order valence-electron chi connectivity index (χ0n) is 18.7. The summed E-state index contributed by atoms with van der Waals surface area (Å²) in [5.74, 6) is -4.54. The average Bonchev–Trinajstić information content (AvgIpc) is 2.73. The molecule has 0 fully saturated rings. The van der Waals surface area contributed by atoms with Crippen molar-refractivity contribution in [3.05, 3.63) is 41.5 Å². The van der Waals surface area contributed by atoms with Gasteiger partial charge >= 0.3 is 11.9 Å². The lowest BCUT2D eigenvalue weighted by molar-refractivity contribution is -0.144. The van der Waals surface area contributed by atoms with Gasteiger partial charge < -0.3 is 32.3 Å². The topological polar surface area (TPSA) is 197 Å². The van der Waals surface area contributed by atoms with Gasteiger partial charge in [-0.05, 0) is 30.4 Å². The van der Waals surface area contributed by atoms with Gasteiger partial charge in [0.05, 0.1) is 6.42 Å². The number of carboxylic acid groups (broad SMARTS) is 2. The van der Waals surface area contributed by atoms with Gasteiger partial charge in [-0.15, -0.1) is 0 Å². The number of nitrogens with one attached hydrogen (secondary N) is 2. The fourth-order valence-corrected chi connectivity index (χ4v) is 2.86. The molecule has 8 N–H and O–H groups in total. The Bertz CT molecular complexity index is 908. The van der Waals surface area contributed by atoms with E-state index in [2.05, 4.69) is 15.6 Å². The molecule has 1 aromatic carbocycles. The second-order valence-corrected chi connectivity index (χ2v) is 7.63. The minimum absolute atomic E-state index is 0.0176. The summed E-state index contributed by atoms with van der Waals surface area (Å²) in [5, 5.41) is 23.1. The van der Waals surface area contributed by atoms with Crippen molar-refractivity contribution in [2.75, 3.05) is 6.54 Å². The molecule has 1 aromatic rings. The summed E-state index contributed by atoms with van der Waals surface area (Å²) >= 11 is 0. The fraction of sp³-hybridized carbons (Fsp3) is 0.409. The maximum Gasteiger partial charge on any atom is 0.326 e. The summed E-state index contributed by atoms with van der Waals surface area (Å²) in [5.41, 5.74) is 11.3. The van der Waals surface area contributed by atoms with Gasteiger partial charge in [-0.25, -0.2) is 4.79 Å². The Morgan fingerprint density at radius 2 is 1.76 bits per heavy atom. The molecule has 180 valence electrons. The summed E-state index contributed by atoms with van der Waals surface area (Å²) in [6.45, 7) is 3.67. The van der Waals surface area contributed by atoms with Crippen LogP contribution in [-0.4, -0.2) is 58.6 Å². The van der Waals surface area contributed by atoms with Crippen molar-refractivity contribution < 1.29 is 29.4 Å². The number of aliphatic imine (C=N–C) groups is 1. The molecule has 0 aromatic heterocycles. The molecule has 11 nitrogen and oxygen atoms in total. The van der Waals surface area contributed by atoms with Crippen LogP contribution < -0.4 is 22.1 Å². The van der Waals surface area contributed by atoms with E-state index in [1.165, 1.54) is 0 Å². The van der Waals surface area contributed by atoms with Gasteiger partial charge in [0.2, 0.25) is 5.91 Å². The van der Waals surface area contributed by atoms with E-state index in [4.69, 9.17) is 16.6 Å². The first kappa shape index (κ1) is 27.1. The van der Waals surface area contributed by atoms with Crippen LogP contribution >= 0.6 is 0 Å². The third-order valence-corrected chi connectivity index (χ3v) is 4.56. The van der Waals surface area contributed by atoms with Gasteiger partial charge in [0.15, 0.2) is 5.96 Å². The lowest BCUT2D eigenvalue weighted by atomic mass is 10.0. The molecule has 0 aliphatic heterocycles. The van der Waals surface area contributed by atoms with Gasteiger partial charge in [-0.3, -0.25) is 19.4 Å². The zero-order valence-corrected chi connectivity index (χ0v) is 18.7. The summed E-state index contributed by atoms with van der Waals surface area (Å²) in [6.07, 6.45) is 4.23. The van der Waals surface area contributed by atoms with Crippen molar-refractivity contribution >= 4 is 35.8 Å². The highest BCUT2D eigenvalue weighted by atomic mass is 16.4. The van der Waals surface area contributed by atoms with Crippen molar-refractivity contribution in [3.63, 3.8) is 0 Å². The van der Waals surface area contributed by atoms with Crippen molar-refractivity contribution in [3.8, 4) is 0 Å². The van der Waals surface area contributed by atoms with Crippen LogP contribution in [0.3, 0.4) is 0 Å². The van der Waals surface area contributed by atoms with Gasteiger partial charge in [0, 0.05) is 12.1 Å². The van der Waals surface area contributed by atoms with Crippen LogP contribution in [0, 0.1) is 5.92 Å². The van der Waals surface area contributed by atoms with Gasteiger partial charge in [-0.2, -0.15) is 0 Å². The van der Waals surface area contributed by atoms with Crippen LogP contribution in [0.15, 0.2) is 35.3 Å². The van der Waals surface area contributed by atoms with Crippen LogP contribution in [0.4, 0.5) is 0 Å². The number of nitrogens with two attached hydrogens (primary N) is 2. The minimum Gasteiger partial charge on any atom is -0.481 e. The van der Waals surface area contributed by atoms with E-state index >= 15 is 0 Å². The summed E-state index contributed by atoms with van der Waals surface area (Å²) in [4.78, 5) is 51.9. The van der Waals surface area contributed by atoms with Gasteiger partial charge in [0.25, 0.3) is 5.91 Å². The van der Waals surface area contributed by atoms with Crippen LogP contribution in [-0.2, 0) is 14.4 Å². The second-order valence-electron chi connectivity index (χ2n) is 7.63. The number of nitrogens with zero attached hydrogens (tertiary/aromatic N) is 1. The Hall–Kier alpha value is -3.89. The maximum atomic E-state index is 12.8. The number of guanidine groups is 1. The molecule has 1 rings (SSSR count). The molecule has 0 spiro atoms. The predicted octanol–water partition coefficient (Wildman–Crippen LogP) is 0.552. The van der Waals surface area contributed by atoms with Crippen molar-refractivity contribution in [2.24, 2.45) is 22.4 Å². The number of amides is 2. The SMILES string of the molecule is CC(C)[C@H](NC(=O)[C@H](CC(=O)O)NC(=O)c1ccccc1/C=C/CCCN=C(N)N)C(=O)O. The quantitative estimate of drug-likeness (QED) is 0.139. The molecule has 0 bridgehead atoms. The molecule has 0 saturated carbocycles. The molecule has 2 amide bonds. The Morgan fingerprint density at radius 1 is 1.09 bits per heavy atom. The van der Waals surface area contributed by atoms with E-state index in [-0.39, 0.29) is 11.5 Å². The molecule has 0 unspecified atom stereocenters. The van der Waals surface area contributed by atoms with Crippen molar-refractivity contribution in [1.29, 1.82) is 0 Å². The summed E-state index contributed by atoms with van der Waals surface area (Å²) in [7, 11) is 0. The number of hydrogen-bond acceptors (Lipinski definition) is 5. The molecule has 0 aliphatic rings. The van der Waals surface area contributed by atoms with Gasteiger partial charge in [-0.1, -0.05) is 44.2 Å². The lowest BCUT2D eigenvalue weighted by Crippen LogP contribution is -2.53. The number of rotatable bonds is 13. The molecule has 11 heteroatoms. The first-order valence-corrected chi connectivity index (χ1v) is 10.4. The standard InChI is InChI=1S/C22H31N5O6/c1-13(2)18(21(32)33)27-20(31)16(12-17(28)29)26-19(30)15-10-6-5-9-14(15)8-4-3-7-11-25-22(23)24/h4-6,8-10,13,16,18H,3,7,11-12H2,1-2H3,(H,26,30)(H,27,31)(H,28,29)(H,32,33)(H4,23,24,25)/b8-4+/t16-,18-/m0/s1. The van der Waals surface area contributed by atoms with E-state index in [1.807, 2.05) is 6.08 Å². The van der Waals surface area contributed by atoms with Crippen LogP contribution in [0.25, 0.3) is 6.08 Å². The molecular formula is C22H31N5O6. The highest BCUT2D eigenvalue weighted by Crippen LogP contribution is 2.13. The highest BCUT2D eigenvalue weighted by molar-refractivity contribution is 6.01. The van der Waals surface area contributed by atoms with E-state index in [0.29, 0.717) is 24.9 Å². The number of carbonyl (C=O) groups excluding carboxylic acids is 2. The number of hydrogen-bond donors (Lipinski definition) is 6. The van der Waals surface area contributed by atoms with Crippen LogP contribution in [0.5, 0.6) is 0 Å². The number of carbonyl (C=O) groups is 4. The lowest BCUT2D eigenvalue weighted by Gasteiger charge is -2.22. The third kappa shape index (κ3) is 9.85. The van der Waals surface area contributed by atoms with Gasteiger partial charge in [0.1, 0.15) is 12.1 Å². The van der Waals surface area contributed by atoms with Crippen molar-refractivity contribution in [1.82, 2.24) is 10.6 Å². The average molecular weight is 462 g/mol. The van der Waals surface area contributed by atoms with E-state index in [9.17, 15) is 24.3 Å². The van der Waals surface area contributed by atoms with Crippen molar-refractivity contribution in [2.45, 2.75) is 45.2 Å². The minimum atomic E-state index is -1.45. The first-order chi connectivity index (χ1) is 15.5. The molecule has 0 heterocycles. The molecule has 0 radical (unpaired) electrons. The Labute approximate surface area is 191 Å². The third-order valence-electron chi connectivity index (χ3n) is 4.56. The number of benzene rings is 1. The number of unbranched alkanes of at least 4 members (excludes halogenated alkanes) is 1. The number of aliphatic carboxylic acids is 2. The largest absolute Gasteiger partial charge is 0.481 e.